The second-order valence-corrected chi connectivity index (χ2v) is 8.14. The van der Waals surface area contributed by atoms with Crippen LogP contribution in [0, 0.1) is 17.8 Å². The number of pyridine rings is 1. The van der Waals surface area contributed by atoms with Crippen molar-refractivity contribution in [1.82, 2.24) is 10.3 Å². The van der Waals surface area contributed by atoms with Crippen LogP contribution >= 0.6 is 11.6 Å². The van der Waals surface area contributed by atoms with E-state index in [1.165, 1.54) is 12.8 Å². The maximum absolute atomic E-state index is 11.9. The lowest BCUT2D eigenvalue weighted by molar-refractivity contribution is 0.0522. The predicted molar refractivity (Wildman–Crippen MR) is 94.0 cm³/mol. The normalized spacial score (nSPS) is 18.3. The van der Waals surface area contributed by atoms with Gasteiger partial charge in [0.25, 0.3) is 0 Å². The van der Waals surface area contributed by atoms with Crippen molar-refractivity contribution in [2.45, 2.75) is 57.5 Å². The lowest BCUT2D eigenvalue weighted by Gasteiger charge is -2.22. The molecule has 1 aromatic rings. The van der Waals surface area contributed by atoms with Gasteiger partial charge in [-0.2, -0.15) is 0 Å². The number of alkyl carbamates (subject to hydrolysis) is 1. The van der Waals surface area contributed by atoms with Crippen LogP contribution in [0.2, 0.25) is 5.02 Å². The molecule has 0 aromatic carbocycles. The fourth-order valence-corrected chi connectivity index (χ4v) is 2.88. The molecule has 128 valence electrons. The van der Waals surface area contributed by atoms with Gasteiger partial charge in [0, 0.05) is 29.6 Å². The third-order valence-corrected chi connectivity index (χ3v) is 4.45. The van der Waals surface area contributed by atoms with Crippen LogP contribution < -0.4 is 5.32 Å². The SMILES string of the molecule is CC(C)(C)OC(=O)NCC1(c2ncc(C#CC3CC3)cc2Cl)CC1. The van der Waals surface area contributed by atoms with Gasteiger partial charge in [0.2, 0.25) is 0 Å². The third kappa shape index (κ3) is 4.42. The van der Waals surface area contributed by atoms with E-state index >= 15 is 0 Å². The molecule has 0 unspecified atom stereocenters. The first-order chi connectivity index (χ1) is 11.3. The number of rotatable bonds is 3. The Labute approximate surface area is 148 Å². The molecule has 0 atom stereocenters. The second kappa shape index (κ2) is 6.29. The molecule has 1 heterocycles. The molecule has 1 amide bonds. The van der Waals surface area contributed by atoms with Crippen molar-refractivity contribution in [3.8, 4) is 11.8 Å². The van der Waals surface area contributed by atoms with Crippen LogP contribution in [0.3, 0.4) is 0 Å². The van der Waals surface area contributed by atoms with Gasteiger partial charge >= 0.3 is 6.09 Å². The van der Waals surface area contributed by atoms with E-state index in [1.807, 2.05) is 26.8 Å². The average Bonchev–Trinajstić information content (AvgIpc) is 3.37. The summed E-state index contributed by atoms with van der Waals surface area (Å²) in [5.41, 5.74) is 1.03. The molecule has 2 fully saturated rings. The Bertz CT molecular complexity index is 704. The molecule has 0 bridgehead atoms. The summed E-state index contributed by atoms with van der Waals surface area (Å²) in [5.74, 6) is 6.90. The van der Waals surface area contributed by atoms with Crippen LogP contribution in [-0.2, 0) is 10.2 Å². The van der Waals surface area contributed by atoms with Gasteiger partial charge in [-0.1, -0.05) is 23.4 Å². The zero-order valence-corrected chi connectivity index (χ0v) is 15.2. The van der Waals surface area contributed by atoms with Crippen molar-refractivity contribution >= 4 is 17.7 Å². The van der Waals surface area contributed by atoms with Gasteiger partial charge < -0.3 is 10.1 Å². The Hall–Kier alpha value is -1.73. The highest BCUT2D eigenvalue weighted by atomic mass is 35.5. The number of hydrogen-bond acceptors (Lipinski definition) is 3. The monoisotopic (exact) mass is 346 g/mol. The Morgan fingerprint density at radius 1 is 1.46 bits per heavy atom. The molecule has 0 spiro atoms. The van der Waals surface area contributed by atoms with Crippen LogP contribution in [0.1, 0.15) is 57.7 Å². The largest absolute Gasteiger partial charge is 0.444 e. The van der Waals surface area contributed by atoms with Gasteiger partial charge in [-0.15, -0.1) is 0 Å². The van der Waals surface area contributed by atoms with Crippen molar-refractivity contribution in [1.29, 1.82) is 0 Å². The zero-order chi connectivity index (χ0) is 17.4. The number of carbonyl (C=O) groups excluding carboxylic acids is 1. The number of carbonyl (C=O) groups is 1. The molecule has 2 aliphatic carbocycles. The van der Waals surface area contributed by atoms with E-state index in [1.54, 1.807) is 6.20 Å². The van der Waals surface area contributed by atoms with Crippen molar-refractivity contribution in [3.05, 3.63) is 28.5 Å². The summed E-state index contributed by atoms with van der Waals surface area (Å²) in [7, 11) is 0. The molecule has 24 heavy (non-hydrogen) atoms. The Kier molecular flexibility index (Phi) is 4.48. The third-order valence-electron chi connectivity index (χ3n) is 4.17. The molecule has 2 saturated carbocycles. The van der Waals surface area contributed by atoms with Crippen LogP contribution in [0.4, 0.5) is 4.79 Å². The first-order valence-electron chi connectivity index (χ1n) is 8.42. The van der Waals surface area contributed by atoms with Gasteiger partial charge in [-0.3, -0.25) is 4.98 Å². The first kappa shape index (κ1) is 17.1. The standard InChI is InChI=1S/C19H23ClN2O2/c1-18(2,3)24-17(23)22-12-19(8-9-19)16-15(20)10-14(11-21-16)7-6-13-4-5-13/h10-11,13H,4-5,8-9,12H2,1-3H3,(H,22,23). The molecular weight excluding hydrogens is 324 g/mol. The Balaban J connectivity index is 1.65. The first-order valence-corrected chi connectivity index (χ1v) is 8.80. The average molecular weight is 347 g/mol. The molecule has 5 heteroatoms. The van der Waals surface area contributed by atoms with Gasteiger partial charge in [0.15, 0.2) is 0 Å². The summed E-state index contributed by atoms with van der Waals surface area (Å²) in [6, 6.07) is 1.88. The molecule has 3 rings (SSSR count). The number of nitrogens with one attached hydrogen (secondary N) is 1. The number of aromatic nitrogens is 1. The number of halogens is 1. The Morgan fingerprint density at radius 3 is 2.71 bits per heavy atom. The maximum Gasteiger partial charge on any atom is 0.407 e. The smallest absolute Gasteiger partial charge is 0.407 e. The molecule has 0 radical (unpaired) electrons. The van der Waals surface area contributed by atoms with Crippen molar-refractivity contribution in [3.63, 3.8) is 0 Å². The highest BCUT2D eigenvalue weighted by molar-refractivity contribution is 6.31. The maximum atomic E-state index is 11.9. The van der Waals surface area contributed by atoms with Crippen LogP contribution in [0.15, 0.2) is 12.3 Å². The minimum Gasteiger partial charge on any atom is -0.444 e. The van der Waals surface area contributed by atoms with Crippen LogP contribution in [0.5, 0.6) is 0 Å². The molecular formula is C19H23ClN2O2. The minimum absolute atomic E-state index is 0.170. The number of ether oxygens (including phenoxy) is 1. The fraction of sp³-hybridized carbons (Fsp3) is 0.579. The van der Waals surface area contributed by atoms with E-state index in [0.717, 1.165) is 24.1 Å². The summed E-state index contributed by atoms with van der Waals surface area (Å²) in [4.78, 5) is 16.4. The van der Waals surface area contributed by atoms with Gasteiger partial charge in [0.1, 0.15) is 5.60 Å². The fourth-order valence-electron chi connectivity index (χ4n) is 2.51. The van der Waals surface area contributed by atoms with E-state index in [4.69, 9.17) is 16.3 Å². The van der Waals surface area contributed by atoms with Crippen LogP contribution in [-0.4, -0.2) is 23.2 Å². The van der Waals surface area contributed by atoms with E-state index in [0.29, 0.717) is 17.5 Å². The quantitative estimate of drug-likeness (QED) is 0.840. The molecule has 2 aliphatic rings. The lowest BCUT2D eigenvalue weighted by atomic mass is 10.0. The number of hydrogen-bond donors (Lipinski definition) is 1. The predicted octanol–water partition coefficient (Wildman–Crippen LogP) is 4.05. The molecule has 4 nitrogen and oxygen atoms in total. The molecule has 1 aromatic heterocycles. The van der Waals surface area contributed by atoms with E-state index in [-0.39, 0.29) is 5.41 Å². The topological polar surface area (TPSA) is 51.2 Å². The van der Waals surface area contributed by atoms with Crippen LogP contribution in [0.25, 0.3) is 0 Å². The lowest BCUT2D eigenvalue weighted by Crippen LogP contribution is -2.37. The second-order valence-electron chi connectivity index (χ2n) is 7.73. The van der Waals surface area contributed by atoms with Crippen molar-refractivity contribution in [2.24, 2.45) is 5.92 Å². The van der Waals surface area contributed by atoms with E-state index < -0.39 is 11.7 Å². The van der Waals surface area contributed by atoms with Crippen molar-refractivity contribution < 1.29 is 9.53 Å². The van der Waals surface area contributed by atoms with E-state index in [9.17, 15) is 4.79 Å². The van der Waals surface area contributed by atoms with Gasteiger partial charge in [0.05, 0.1) is 10.7 Å². The van der Waals surface area contributed by atoms with E-state index in [2.05, 4.69) is 22.1 Å². The number of amides is 1. The summed E-state index contributed by atoms with van der Waals surface area (Å²) in [5, 5.41) is 3.47. The summed E-state index contributed by atoms with van der Waals surface area (Å²) < 4.78 is 5.28. The molecule has 1 N–H and O–H groups in total. The summed E-state index contributed by atoms with van der Waals surface area (Å²) in [6.45, 7) is 6.03. The van der Waals surface area contributed by atoms with Gasteiger partial charge in [-0.05, 0) is 52.5 Å². The molecule has 0 saturated heterocycles. The highest BCUT2D eigenvalue weighted by Crippen LogP contribution is 2.49. The summed E-state index contributed by atoms with van der Waals surface area (Å²) in [6.07, 6.45) is 5.70. The Morgan fingerprint density at radius 2 is 2.17 bits per heavy atom. The highest BCUT2D eigenvalue weighted by Gasteiger charge is 2.47. The summed E-state index contributed by atoms with van der Waals surface area (Å²) >= 11 is 6.43. The zero-order valence-electron chi connectivity index (χ0n) is 14.4. The molecule has 0 aliphatic heterocycles. The van der Waals surface area contributed by atoms with Gasteiger partial charge in [-0.25, -0.2) is 4.79 Å². The number of nitrogens with zero attached hydrogens (tertiary/aromatic N) is 1. The minimum atomic E-state index is -0.501. The van der Waals surface area contributed by atoms with Crippen molar-refractivity contribution in [2.75, 3.05) is 6.54 Å².